The van der Waals surface area contributed by atoms with Gasteiger partial charge >= 0.3 is 5.97 Å². The lowest BCUT2D eigenvalue weighted by Gasteiger charge is -2.36. The summed E-state index contributed by atoms with van der Waals surface area (Å²) in [5, 5.41) is 16.6. The third kappa shape index (κ3) is 11.7. The Bertz CT molecular complexity index is 2780. The van der Waals surface area contributed by atoms with Gasteiger partial charge in [0.25, 0.3) is 5.91 Å². The maximum Gasteiger partial charge on any atom is 0.324 e. The van der Waals surface area contributed by atoms with Gasteiger partial charge in [0.1, 0.15) is 18.2 Å². The number of fused-ring (bicyclic) bond motifs is 3. The molecule has 2 bridgehead atoms. The van der Waals surface area contributed by atoms with Crippen LogP contribution in [0.2, 0.25) is 0 Å². The minimum atomic E-state index is -0.976. The van der Waals surface area contributed by atoms with E-state index in [0.29, 0.717) is 45.4 Å². The van der Waals surface area contributed by atoms with E-state index in [2.05, 4.69) is 112 Å². The Morgan fingerprint density at radius 2 is 1.62 bits per heavy atom. The number of methoxy groups -OCH3 is 2. The average Bonchev–Trinajstić information content (AvgIpc) is 4.23. The number of hydrogen-bond donors (Lipinski definition) is 3. The Hall–Kier alpha value is -5.84. The predicted octanol–water partition coefficient (Wildman–Crippen LogP) is 7.70. The van der Waals surface area contributed by atoms with Crippen LogP contribution in [-0.4, -0.2) is 133 Å². The van der Waals surface area contributed by atoms with Crippen LogP contribution in [0.25, 0.3) is 33.3 Å². The fraction of sp³-hybridized carbons (Fsp3) is 0.525. The summed E-state index contributed by atoms with van der Waals surface area (Å²) >= 11 is 0. The molecule has 0 unspecified atom stereocenters. The molecule has 3 aromatic carbocycles. The molecule has 4 aliphatic rings. The first kappa shape index (κ1) is 53.0. The van der Waals surface area contributed by atoms with Crippen molar-refractivity contribution in [2.45, 2.75) is 123 Å². The van der Waals surface area contributed by atoms with Gasteiger partial charge in [-0.2, -0.15) is 0 Å². The average molecular weight is 1010 g/mol. The Balaban J connectivity index is 1.18. The summed E-state index contributed by atoms with van der Waals surface area (Å²) in [6.45, 7) is 18.8. The topological polar surface area (TPSA) is 154 Å². The second kappa shape index (κ2) is 23.0. The van der Waals surface area contributed by atoms with Crippen LogP contribution in [0.15, 0.2) is 79.0 Å². The van der Waals surface area contributed by atoms with Crippen LogP contribution in [-0.2, 0) is 54.5 Å². The number of anilines is 2. The first-order valence-electron chi connectivity index (χ1n) is 27.0. The van der Waals surface area contributed by atoms with Gasteiger partial charge < -0.3 is 39.0 Å². The standard InChI is InChI=1S/C59H78N8O7/c1-9-66-52-20-17-42(32-47(52)49(34-59(5,6)37-68)54(66)48-33-46(35-60-53(48)39(4)72-7)64-24-22-63(23-25-64)45-18-19-45)43-29-40-28-41(30-43)36-65(44-14-11-10-12-15-44)26-27-74-55(38(2)3)56(69)61-51(31-40)57(70)67-21-13-16-50(62-67)58(71)73-8/h10-12,14-15,17,20,28-30,32-33,35,38-39,45,50-51,55,62,68H,9,13,16,18-19,21-27,31,34,36-37H2,1-8H3,(H,61,69)/t39-,50-,51-,55-/m0/s1. The number of piperazine rings is 1. The van der Waals surface area contributed by atoms with Gasteiger partial charge in [-0.25, -0.2) is 5.43 Å². The molecule has 396 valence electrons. The van der Waals surface area contributed by atoms with Gasteiger partial charge in [0.05, 0.1) is 43.1 Å². The number of carbonyl (C=O) groups is 3. The van der Waals surface area contributed by atoms with Crippen LogP contribution in [0, 0.1) is 11.3 Å². The van der Waals surface area contributed by atoms with Crippen molar-refractivity contribution in [2.24, 2.45) is 11.3 Å². The zero-order chi connectivity index (χ0) is 52.3. The number of aliphatic hydroxyl groups excluding tert-OH is 1. The molecule has 0 radical (unpaired) electrons. The van der Waals surface area contributed by atoms with E-state index in [0.717, 1.165) is 99.3 Å². The summed E-state index contributed by atoms with van der Waals surface area (Å²) in [7, 11) is 3.08. The minimum absolute atomic E-state index is 0.00875. The highest BCUT2D eigenvalue weighted by Crippen LogP contribution is 2.43. The van der Waals surface area contributed by atoms with E-state index in [1.807, 2.05) is 38.2 Å². The van der Waals surface area contributed by atoms with Crippen molar-refractivity contribution in [3.63, 3.8) is 0 Å². The highest BCUT2D eigenvalue weighted by Gasteiger charge is 2.37. The predicted molar refractivity (Wildman–Crippen MR) is 291 cm³/mol. The highest BCUT2D eigenvalue weighted by molar-refractivity contribution is 5.96. The summed E-state index contributed by atoms with van der Waals surface area (Å²) in [4.78, 5) is 54.4. The number of hydrazine groups is 1. The maximum atomic E-state index is 14.8. The third-order valence-electron chi connectivity index (χ3n) is 15.6. The van der Waals surface area contributed by atoms with Crippen molar-refractivity contribution < 1.29 is 33.7 Å². The van der Waals surface area contributed by atoms with Gasteiger partial charge in [-0.1, -0.05) is 64.1 Å². The van der Waals surface area contributed by atoms with E-state index < -0.39 is 29.6 Å². The molecule has 3 aliphatic heterocycles. The quantitative estimate of drug-likeness (QED) is 0.0935. The number of pyridine rings is 1. The van der Waals surface area contributed by atoms with Crippen molar-refractivity contribution in [1.29, 1.82) is 0 Å². The first-order valence-corrected chi connectivity index (χ1v) is 27.0. The van der Waals surface area contributed by atoms with Crippen LogP contribution >= 0.6 is 0 Å². The van der Waals surface area contributed by atoms with Gasteiger partial charge in [-0.15, -0.1) is 0 Å². The molecule has 74 heavy (non-hydrogen) atoms. The Morgan fingerprint density at radius 1 is 0.865 bits per heavy atom. The number of amides is 2. The number of benzene rings is 3. The van der Waals surface area contributed by atoms with E-state index in [4.69, 9.17) is 19.2 Å². The van der Waals surface area contributed by atoms with Crippen molar-refractivity contribution >= 4 is 40.1 Å². The minimum Gasteiger partial charge on any atom is -0.468 e. The molecule has 0 spiro atoms. The van der Waals surface area contributed by atoms with Crippen LogP contribution in [0.1, 0.15) is 95.7 Å². The fourth-order valence-electron chi connectivity index (χ4n) is 11.3. The van der Waals surface area contributed by atoms with Crippen molar-refractivity contribution in [3.8, 4) is 22.4 Å². The lowest BCUT2D eigenvalue weighted by atomic mass is 9.84. The Labute approximate surface area is 437 Å². The first-order chi connectivity index (χ1) is 35.7. The van der Waals surface area contributed by atoms with Gasteiger partial charge in [-0.3, -0.25) is 29.3 Å². The summed E-state index contributed by atoms with van der Waals surface area (Å²) < 4.78 is 19.9. The van der Waals surface area contributed by atoms with E-state index >= 15 is 0 Å². The van der Waals surface area contributed by atoms with Crippen LogP contribution in [0.3, 0.4) is 0 Å². The van der Waals surface area contributed by atoms with Crippen molar-refractivity contribution in [3.05, 3.63) is 101 Å². The molecule has 3 N–H and O–H groups in total. The molecule has 15 heteroatoms. The van der Waals surface area contributed by atoms with Crippen molar-refractivity contribution in [2.75, 3.05) is 76.5 Å². The zero-order valence-electron chi connectivity index (χ0n) is 44.9. The van der Waals surface area contributed by atoms with Crippen LogP contribution in [0.4, 0.5) is 11.4 Å². The fourth-order valence-corrected chi connectivity index (χ4v) is 11.3. The van der Waals surface area contributed by atoms with Gasteiger partial charge in [0.2, 0.25) is 5.91 Å². The molecular formula is C59H78N8O7. The van der Waals surface area contributed by atoms with E-state index in [9.17, 15) is 19.5 Å². The molecule has 9 rings (SSSR count). The number of hydrogen-bond acceptors (Lipinski definition) is 12. The second-order valence-corrected chi connectivity index (χ2v) is 22.0. The molecule has 4 atom stereocenters. The number of aromatic nitrogens is 2. The largest absolute Gasteiger partial charge is 0.468 e. The number of rotatable bonds is 14. The SMILES string of the molecule is CCn1c(-c2cc(N3CCN(C4CC4)CC3)cnc2[C@H](C)OC)c(CC(C)(C)CO)c2cc(-c3cc4cc(c3)CN(c3ccccc3)CCO[C@@H](C(C)C)C(=O)N[C@H](C(=O)N3CCC[C@@H](C(=O)OC)N3)C4)ccc21. The number of ether oxygens (including phenoxy) is 3. The second-order valence-electron chi connectivity index (χ2n) is 22.0. The smallest absolute Gasteiger partial charge is 0.324 e. The van der Waals surface area contributed by atoms with Gasteiger partial charge in [0.15, 0.2) is 0 Å². The Kier molecular flexibility index (Phi) is 16.4. The lowest BCUT2D eigenvalue weighted by Crippen LogP contribution is -2.61. The van der Waals surface area contributed by atoms with Crippen LogP contribution in [0.5, 0.6) is 0 Å². The molecule has 5 aromatic rings. The molecule has 5 heterocycles. The zero-order valence-corrected chi connectivity index (χ0v) is 44.9. The van der Waals surface area contributed by atoms with Crippen molar-refractivity contribution in [1.82, 2.24) is 30.2 Å². The molecule has 15 nitrogen and oxygen atoms in total. The van der Waals surface area contributed by atoms with Gasteiger partial charge in [-0.05, 0) is 121 Å². The summed E-state index contributed by atoms with van der Waals surface area (Å²) in [6, 6.07) is 24.9. The Morgan fingerprint density at radius 3 is 2.31 bits per heavy atom. The molecular weight excluding hydrogens is 933 g/mol. The number of para-hydroxylation sites is 1. The number of aliphatic hydroxyl groups is 1. The number of aryl methyl sites for hydroxylation is 1. The van der Waals surface area contributed by atoms with Gasteiger partial charge in [0, 0.05) is 101 Å². The number of nitrogens with one attached hydrogen (secondary N) is 2. The molecule has 3 fully saturated rings. The molecule has 2 amide bonds. The maximum absolute atomic E-state index is 14.8. The summed E-state index contributed by atoms with van der Waals surface area (Å²) in [5.41, 5.74) is 13.9. The van der Waals surface area contributed by atoms with E-state index in [1.165, 1.54) is 25.0 Å². The van der Waals surface area contributed by atoms with Crippen LogP contribution < -0.4 is 20.5 Å². The molecule has 1 aliphatic carbocycles. The number of carbonyl (C=O) groups excluding carboxylic acids is 3. The number of esters is 1. The molecule has 2 aromatic heterocycles. The highest BCUT2D eigenvalue weighted by atomic mass is 16.5. The summed E-state index contributed by atoms with van der Waals surface area (Å²) in [6.07, 6.45) is 5.48. The van der Waals surface area contributed by atoms with E-state index in [1.54, 1.807) is 7.11 Å². The summed E-state index contributed by atoms with van der Waals surface area (Å²) in [5.74, 6) is -1.31. The van der Waals surface area contributed by atoms with E-state index in [-0.39, 0.29) is 43.5 Å². The lowest BCUT2D eigenvalue weighted by molar-refractivity contribution is -0.151. The number of nitrogens with zero attached hydrogens (tertiary/aromatic N) is 6. The molecule has 1 saturated carbocycles. The monoisotopic (exact) mass is 1010 g/mol. The normalized spacial score (nSPS) is 21.0. The third-order valence-corrected chi connectivity index (χ3v) is 15.6. The molecule has 2 saturated heterocycles.